The monoisotopic (exact) mass is 434 g/mol. The van der Waals surface area contributed by atoms with E-state index in [1.807, 2.05) is 0 Å². The molecule has 4 fully saturated rings. The van der Waals surface area contributed by atoms with E-state index in [1.54, 1.807) is 25.1 Å². The van der Waals surface area contributed by atoms with Crippen LogP contribution in [0.2, 0.25) is 0 Å². The average molecular weight is 435 g/mol. The minimum absolute atomic E-state index is 0.157. The Hall–Kier alpha value is -1.96. The summed E-state index contributed by atoms with van der Waals surface area (Å²) in [6.07, 6.45) is 8.09. The van der Waals surface area contributed by atoms with E-state index in [4.69, 9.17) is 9.47 Å². The van der Waals surface area contributed by atoms with Crippen molar-refractivity contribution in [2.24, 2.45) is 17.8 Å². The Morgan fingerprint density at radius 3 is 2.20 bits per heavy atom. The topological polar surface area (TPSA) is 84.9 Å². The van der Waals surface area contributed by atoms with Crippen molar-refractivity contribution in [1.29, 1.82) is 0 Å². The van der Waals surface area contributed by atoms with Gasteiger partial charge < -0.3 is 14.8 Å². The van der Waals surface area contributed by atoms with E-state index in [0.29, 0.717) is 48.2 Å². The van der Waals surface area contributed by atoms with E-state index in [9.17, 15) is 13.2 Å². The van der Waals surface area contributed by atoms with Gasteiger partial charge in [0.05, 0.1) is 11.9 Å². The smallest absolute Gasteiger partial charge is 0.244 e. The Balaban J connectivity index is 1.39. The number of sulfonamides is 1. The molecule has 0 aromatic heterocycles. The van der Waals surface area contributed by atoms with E-state index >= 15 is 0 Å². The number of ether oxygens (including phenoxy) is 2. The molecule has 0 unspecified atom stereocenters. The highest BCUT2D eigenvalue weighted by atomic mass is 32.2. The zero-order valence-electron chi connectivity index (χ0n) is 17.6. The van der Waals surface area contributed by atoms with Crippen LogP contribution in [0.3, 0.4) is 0 Å². The lowest BCUT2D eigenvalue weighted by Crippen LogP contribution is -2.62. The van der Waals surface area contributed by atoms with Gasteiger partial charge >= 0.3 is 0 Å². The highest BCUT2D eigenvalue weighted by molar-refractivity contribution is 7.92. The van der Waals surface area contributed by atoms with Gasteiger partial charge in [-0.2, -0.15) is 0 Å². The molecule has 4 bridgehead atoms. The molecule has 164 valence electrons. The SMILES string of the molecule is C[C@H](C(=O)NC12CC3CC(CC(C3)C1)C2)N(c1ccc2c(c1)OCCO2)S(C)(=O)=O. The van der Waals surface area contributed by atoms with Gasteiger partial charge in [0, 0.05) is 11.6 Å². The minimum atomic E-state index is -3.68. The van der Waals surface area contributed by atoms with Gasteiger partial charge in [-0.1, -0.05) is 0 Å². The van der Waals surface area contributed by atoms with Crippen molar-refractivity contribution in [2.75, 3.05) is 23.8 Å². The van der Waals surface area contributed by atoms with Gasteiger partial charge in [-0.05, 0) is 75.3 Å². The molecular weight excluding hydrogens is 404 g/mol. The van der Waals surface area contributed by atoms with Crippen LogP contribution in [0.25, 0.3) is 0 Å². The normalized spacial score (nSPS) is 32.5. The third-order valence-electron chi connectivity index (χ3n) is 7.30. The number of carbonyl (C=O) groups is 1. The van der Waals surface area contributed by atoms with Crippen LogP contribution in [-0.4, -0.2) is 45.4 Å². The third kappa shape index (κ3) is 3.53. The van der Waals surface area contributed by atoms with E-state index in [2.05, 4.69) is 5.32 Å². The van der Waals surface area contributed by atoms with Crippen LogP contribution in [0, 0.1) is 17.8 Å². The molecule has 0 radical (unpaired) electrons. The Kier molecular flexibility index (Phi) is 4.69. The van der Waals surface area contributed by atoms with E-state index < -0.39 is 16.1 Å². The Morgan fingerprint density at radius 1 is 1.07 bits per heavy atom. The molecule has 1 aromatic rings. The minimum Gasteiger partial charge on any atom is -0.486 e. The van der Waals surface area contributed by atoms with Gasteiger partial charge in [0.25, 0.3) is 0 Å². The zero-order chi connectivity index (χ0) is 21.1. The van der Waals surface area contributed by atoms with Crippen LogP contribution < -0.4 is 19.1 Å². The fourth-order valence-corrected chi connectivity index (χ4v) is 7.77. The summed E-state index contributed by atoms with van der Waals surface area (Å²) in [5, 5.41) is 3.31. The molecule has 6 rings (SSSR count). The predicted molar refractivity (Wildman–Crippen MR) is 113 cm³/mol. The second-order valence-electron chi connectivity index (χ2n) is 9.75. The maximum Gasteiger partial charge on any atom is 0.244 e. The number of benzene rings is 1. The number of nitrogens with zero attached hydrogens (tertiary/aromatic N) is 1. The molecule has 0 saturated heterocycles. The van der Waals surface area contributed by atoms with Crippen molar-refractivity contribution >= 4 is 21.6 Å². The highest BCUT2D eigenvalue weighted by Gasteiger charge is 2.52. The van der Waals surface area contributed by atoms with Crippen molar-refractivity contribution in [2.45, 2.75) is 57.0 Å². The van der Waals surface area contributed by atoms with Crippen LogP contribution in [0.15, 0.2) is 18.2 Å². The summed E-state index contributed by atoms with van der Waals surface area (Å²) in [5.74, 6) is 2.98. The largest absolute Gasteiger partial charge is 0.486 e. The average Bonchev–Trinajstić information content (AvgIpc) is 2.65. The summed E-state index contributed by atoms with van der Waals surface area (Å²) in [6, 6.07) is 4.16. The molecule has 1 amide bonds. The number of carbonyl (C=O) groups excluding carboxylic acids is 1. The van der Waals surface area contributed by atoms with Crippen LogP contribution in [0.1, 0.15) is 45.4 Å². The first kappa shape index (κ1) is 20.0. The molecule has 7 nitrogen and oxygen atoms in total. The molecule has 1 N–H and O–H groups in total. The van der Waals surface area contributed by atoms with Crippen LogP contribution >= 0.6 is 0 Å². The molecule has 1 aliphatic heterocycles. The quantitative estimate of drug-likeness (QED) is 0.770. The summed E-state index contributed by atoms with van der Waals surface area (Å²) in [4.78, 5) is 13.3. The number of nitrogens with one attached hydrogen (secondary N) is 1. The van der Waals surface area contributed by atoms with Crippen molar-refractivity contribution < 1.29 is 22.7 Å². The Morgan fingerprint density at radius 2 is 1.63 bits per heavy atom. The summed E-state index contributed by atoms with van der Waals surface area (Å²) in [6.45, 7) is 2.54. The predicted octanol–water partition coefficient (Wildman–Crippen LogP) is 2.70. The molecule has 8 heteroatoms. The lowest BCUT2D eigenvalue weighted by Gasteiger charge is -2.57. The summed E-state index contributed by atoms with van der Waals surface area (Å²) in [5.41, 5.74) is 0.255. The third-order valence-corrected chi connectivity index (χ3v) is 8.54. The van der Waals surface area contributed by atoms with Gasteiger partial charge in [0.15, 0.2) is 11.5 Å². The van der Waals surface area contributed by atoms with E-state index in [-0.39, 0.29) is 11.4 Å². The van der Waals surface area contributed by atoms with Gasteiger partial charge in [-0.3, -0.25) is 9.10 Å². The number of hydrogen-bond acceptors (Lipinski definition) is 5. The second-order valence-corrected chi connectivity index (χ2v) is 11.6. The van der Waals surface area contributed by atoms with Crippen molar-refractivity contribution in [3.8, 4) is 11.5 Å². The van der Waals surface area contributed by atoms with Gasteiger partial charge in [-0.25, -0.2) is 8.42 Å². The van der Waals surface area contributed by atoms with Crippen molar-refractivity contribution in [3.63, 3.8) is 0 Å². The van der Waals surface area contributed by atoms with Gasteiger partial charge in [-0.15, -0.1) is 0 Å². The van der Waals surface area contributed by atoms with Crippen molar-refractivity contribution in [1.82, 2.24) is 5.32 Å². The lowest BCUT2D eigenvalue weighted by atomic mass is 9.53. The summed E-state index contributed by atoms with van der Waals surface area (Å²) < 4.78 is 37.7. The van der Waals surface area contributed by atoms with Crippen LogP contribution in [0.5, 0.6) is 11.5 Å². The maximum atomic E-state index is 13.3. The fourth-order valence-electron chi connectivity index (χ4n) is 6.61. The fraction of sp³-hybridized carbons (Fsp3) is 0.682. The second kappa shape index (κ2) is 7.04. The molecule has 1 atom stereocenters. The van der Waals surface area contributed by atoms with E-state index in [1.165, 1.54) is 23.6 Å². The Labute approximate surface area is 178 Å². The molecule has 30 heavy (non-hydrogen) atoms. The number of hydrogen-bond donors (Lipinski definition) is 1. The first-order chi connectivity index (χ1) is 14.2. The van der Waals surface area contributed by atoms with Crippen LogP contribution in [-0.2, 0) is 14.8 Å². The number of rotatable bonds is 5. The maximum absolute atomic E-state index is 13.3. The number of fused-ring (bicyclic) bond motifs is 1. The van der Waals surface area contributed by atoms with Crippen LogP contribution in [0.4, 0.5) is 5.69 Å². The number of anilines is 1. The first-order valence-corrected chi connectivity index (χ1v) is 12.8. The molecule has 1 aromatic carbocycles. The van der Waals surface area contributed by atoms with Gasteiger partial charge in [0.2, 0.25) is 15.9 Å². The highest BCUT2D eigenvalue weighted by Crippen LogP contribution is 2.55. The molecule has 4 aliphatic carbocycles. The Bertz CT molecular complexity index is 925. The molecule has 5 aliphatic rings. The summed E-state index contributed by atoms with van der Waals surface area (Å²) in [7, 11) is -3.68. The molecule has 0 spiro atoms. The number of amides is 1. The molecular formula is C22H30N2O5S. The summed E-state index contributed by atoms with van der Waals surface area (Å²) >= 11 is 0. The molecule has 4 saturated carbocycles. The molecule has 1 heterocycles. The van der Waals surface area contributed by atoms with E-state index in [0.717, 1.165) is 25.5 Å². The lowest BCUT2D eigenvalue weighted by molar-refractivity contribution is -0.127. The van der Waals surface area contributed by atoms with Crippen molar-refractivity contribution in [3.05, 3.63) is 18.2 Å². The standard InChI is InChI=1S/C22H30N2O5S/c1-14(21(25)23-22-11-15-7-16(12-22)9-17(8-15)13-22)24(30(2,26)27)18-3-4-19-20(10-18)29-6-5-28-19/h3-4,10,14-17H,5-9,11-13H2,1-2H3,(H,23,25)/t14-,15?,16?,17?,22?/m1/s1. The van der Waals surface area contributed by atoms with Gasteiger partial charge in [0.1, 0.15) is 19.3 Å². The first-order valence-electron chi connectivity index (χ1n) is 10.9. The zero-order valence-corrected chi connectivity index (χ0v) is 18.4.